The third-order valence-electron chi connectivity index (χ3n) is 3.76. The predicted molar refractivity (Wildman–Crippen MR) is 73.1 cm³/mol. The number of aliphatic carboxylic acids is 1. The summed E-state index contributed by atoms with van der Waals surface area (Å²) in [5, 5.41) is 22.5. The van der Waals surface area contributed by atoms with Crippen molar-refractivity contribution >= 4 is 17.6 Å². The molecule has 21 heavy (non-hydrogen) atoms. The van der Waals surface area contributed by atoms with Crippen LogP contribution in [-0.4, -0.2) is 31.5 Å². The van der Waals surface area contributed by atoms with Crippen LogP contribution in [0.4, 0.5) is 5.69 Å². The highest BCUT2D eigenvalue weighted by molar-refractivity contribution is 5.92. The van der Waals surface area contributed by atoms with E-state index in [4.69, 9.17) is 5.26 Å². The van der Waals surface area contributed by atoms with Gasteiger partial charge >= 0.3 is 0 Å². The first-order valence-corrected chi connectivity index (χ1v) is 6.93. The second-order valence-electron chi connectivity index (χ2n) is 5.23. The lowest BCUT2D eigenvalue weighted by atomic mass is 9.97. The zero-order chi connectivity index (χ0) is 15.2. The molecule has 1 aliphatic rings. The first kappa shape index (κ1) is 15.0. The Bertz CT molecular complexity index is 572. The summed E-state index contributed by atoms with van der Waals surface area (Å²) in [4.78, 5) is 23.8. The van der Waals surface area contributed by atoms with Crippen LogP contribution in [0.25, 0.3) is 0 Å². The van der Waals surface area contributed by atoms with Gasteiger partial charge in [0, 0.05) is 24.7 Å². The highest BCUT2D eigenvalue weighted by atomic mass is 16.4. The number of carbonyl (C=O) groups is 2. The Kier molecular flexibility index (Phi) is 4.90. The monoisotopic (exact) mass is 287 g/mol. The van der Waals surface area contributed by atoms with Gasteiger partial charge in [0.05, 0.1) is 24.3 Å². The molecule has 0 atom stereocenters. The summed E-state index contributed by atoms with van der Waals surface area (Å²) in [6, 6.07) is 8.86. The number of rotatable bonds is 4. The fourth-order valence-corrected chi connectivity index (χ4v) is 2.55. The standard InChI is InChI=1S/C15H17N3O3/c16-9-12-3-1-2-4-13(12)17-14(19)10-18-7-5-11(6-8-18)15(20)21/h1-4,11H,5-8,10H2,(H,17,19)(H,20,21). The quantitative estimate of drug-likeness (QED) is 0.707. The number of piperidine rings is 1. The van der Waals surface area contributed by atoms with Crippen LogP contribution in [0.2, 0.25) is 0 Å². The third-order valence-corrected chi connectivity index (χ3v) is 3.76. The lowest BCUT2D eigenvalue weighted by molar-refractivity contribution is -0.897. The molecule has 1 saturated heterocycles. The Morgan fingerprint density at radius 3 is 2.62 bits per heavy atom. The summed E-state index contributed by atoms with van der Waals surface area (Å²) in [7, 11) is 0. The van der Waals surface area contributed by atoms with Gasteiger partial charge in [-0.05, 0) is 12.1 Å². The third kappa shape index (κ3) is 4.04. The number of carboxylic acid groups (broad SMARTS) is 1. The number of quaternary nitrogens is 1. The average molecular weight is 287 g/mol. The normalized spacial score (nSPS) is 21.3. The number of hydrogen-bond acceptors (Lipinski definition) is 4. The van der Waals surface area contributed by atoms with Crippen molar-refractivity contribution in [2.24, 2.45) is 5.92 Å². The van der Waals surface area contributed by atoms with E-state index in [1.807, 2.05) is 6.07 Å². The molecule has 0 bridgehead atoms. The molecule has 0 aliphatic carbocycles. The van der Waals surface area contributed by atoms with Crippen LogP contribution in [0.15, 0.2) is 24.3 Å². The number of hydrogen-bond donors (Lipinski definition) is 2. The Labute approximate surface area is 123 Å². The minimum absolute atomic E-state index is 0.167. The summed E-state index contributed by atoms with van der Waals surface area (Å²) in [5.74, 6) is -1.56. The SMILES string of the molecule is N#Cc1ccccc1NC(=O)C[NH+]1CCC(C(=O)[O-])CC1. The van der Waals surface area contributed by atoms with Crippen LogP contribution in [0.1, 0.15) is 18.4 Å². The van der Waals surface area contributed by atoms with E-state index in [9.17, 15) is 14.7 Å². The molecule has 1 fully saturated rings. The van der Waals surface area contributed by atoms with Gasteiger partial charge in [0.1, 0.15) is 6.07 Å². The molecule has 1 amide bonds. The Hall–Kier alpha value is -2.39. The summed E-state index contributed by atoms with van der Waals surface area (Å²) in [6.07, 6.45) is 1.08. The number of anilines is 1. The number of nitriles is 1. The van der Waals surface area contributed by atoms with E-state index in [2.05, 4.69) is 5.32 Å². The maximum atomic E-state index is 12.0. The van der Waals surface area contributed by atoms with Gasteiger partial charge in [0.25, 0.3) is 5.91 Å². The van der Waals surface area contributed by atoms with Crippen molar-refractivity contribution in [2.45, 2.75) is 12.8 Å². The summed E-state index contributed by atoms with van der Waals surface area (Å²) < 4.78 is 0. The van der Waals surface area contributed by atoms with E-state index < -0.39 is 11.9 Å². The zero-order valence-corrected chi connectivity index (χ0v) is 11.6. The van der Waals surface area contributed by atoms with E-state index >= 15 is 0 Å². The topological polar surface area (TPSA) is 97.5 Å². The van der Waals surface area contributed by atoms with Gasteiger partial charge in [-0.25, -0.2) is 0 Å². The fraction of sp³-hybridized carbons (Fsp3) is 0.400. The van der Waals surface area contributed by atoms with Crippen molar-refractivity contribution < 1.29 is 19.6 Å². The summed E-state index contributed by atoms with van der Waals surface area (Å²) in [6.45, 7) is 1.57. The van der Waals surface area contributed by atoms with Crippen molar-refractivity contribution in [1.82, 2.24) is 0 Å². The van der Waals surface area contributed by atoms with Crippen LogP contribution in [0.3, 0.4) is 0 Å². The van der Waals surface area contributed by atoms with Crippen LogP contribution < -0.4 is 15.3 Å². The van der Waals surface area contributed by atoms with Crippen molar-refractivity contribution in [1.29, 1.82) is 5.26 Å². The maximum absolute atomic E-state index is 12.0. The lowest BCUT2D eigenvalue weighted by Crippen LogP contribution is -3.14. The fourth-order valence-electron chi connectivity index (χ4n) is 2.55. The molecule has 1 heterocycles. The molecule has 2 N–H and O–H groups in total. The minimum atomic E-state index is -0.999. The molecule has 1 aliphatic heterocycles. The van der Waals surface area contributed by atoms with Gasteiger partial charge < -0.3 is 20.1 Å². The van der Waals surface area contributed by atoms with Crippen molar-refractivity contribution in [3.63, 3.8) is 0 Å². The first-order chi connectivity index (χ1) is 10.1. The average Bonchev–Trinajstić information content (AvgIpc) is 2.48. The van der Waals surface area contributed by atoms with Crippen molar-refractivity contribution in [3.8, 4) is 6.07 Å². The second kappa shape index (κ2) is 6.86. The number of nitrogens with zero attached hydrogens (tertiary/aromatic N) is 1. The molecule has 0 unspecified atom stereocenters. The van der Waals surface area contributed by atoms with Crippen LogP contribution >= 0.6 is 0 Å². The molecule has 1 aromatic rings. The van der Waals surface area contributed by atoms with Gasteiger partial charge in [-0.3, -0.25) is 4.79 Å². The second-order valence-corrected chi connectivity index (χ2v) is 5.23. The molecule has 0 spiro atoms. The number of carboxylic acids is 1. The predicted octanol–water partition coefficient (Wildman–Crippen LogP) is -1.46. The number of nitrogens with one attached hydrogen (secondary N) is 2. The number of amides is 1. The summed E-state index contributed by atoms with van der Waals surface area (Å²) in [5.41, 5.74) is 0.936. The molecule has 6 nitrogen and oxygen atoms in total. The Morgan fingerprint density at radius 1 is 1.33 bits per heavy atom. The van der Waals surface area contributed by atoms with E-state index in [0.717, 1.165) is 4.90 Å². The number of likely N-dealkylation sites (tertiary alicyclic amines) is 1. The van der Waals surface area contributed by atoms with Crippen LogP contribution in [-0.2, 0) is 9.59 Å². The smallest absolute Gasteiger partial charge is 0.279 e. The largest absolute Gasteiger partial charge is 0.550 e. The van der Waals surface area contributed by atoms with Crippen molar-refractivity contribution in [2.75, 3.05) is 25.0 Å². The number of para-hydroxylation sites is 1. The molecule has 1 aromatic carbocycles. The Balaban J connectivity index is 1.86. The van der Waals surface area contributed by atoms with Crippen LogP contribution in [0.5, 0.6) is 0 Å². The van der Waals surface area contributed by atoms with Crippen LogP contribution in [0, 0.1) is 17.2 Å². The van der Waals surface area contributed by atoms with Gasteiger partial charge in [-0.1, -0.05) is 12.1 Å². The van der Waals surface area contributed by atoms with Gasteiger partial charge in [0.2, 0.25) is 0 Å². The molecule has 2 rings (SSSR count). The van der Waals surface area contributed by atoms with Gasteiger partial charge in [0.15, 0.2) is 6.54 Å². The molecule has 6 heteroatoms. The van der Waals surface area contributed by atoms with E-state index in [1.54, 1.807) is 24.3 Å². The molecular formula is C15H17N3O3. The van der Waals surface area contributed by atoms with E-state index in [1.165, 1.54) is 0 Å². The molecular weight excluding hydrogens is 270 g/mol. The van der Waals surface area contributed by atoms with E-state index in [0.29, 0.717) is 37.2 Å². The minimum Gasteiger partial charge on any atom is -0.550 e. The molecule has 0 radical (unpaired) electrons. The number of benzene rings is 1. The number of carbonyl (C=O) groups excluding carboxylic acids is 2. The first-order valence-electron chi connectivity index (χ1n) is 6.93. The van der Waals surface area contributed by atoms with Gasteiger partial charge in [-0.2, -0.15) is 5.26 Å². The zero-order valence-electron chi connectivity index (χ0n) is 11.6. The maximum Gasteiger partial charge on any atom is 0.279 e. The van der Waals surface area contributed by atoms with Gasteiger partial charge in [-0.15, -0.1) is 0 Å². The summed E-state index contributed by atoms with van der Waals surface area (Å²) >= 11 is 0. The molecule has 0 saturated carbocycles. The highest BCUT2D eigenvalue weighted by Crippen LogP contribution is 2.13. The van der Waals surface area contributed by atoms with Crippen molar-refractivity contribution in [3.05, 3.63) is 29.8 Å². The van der Waals surface area contributed by atoms with E-state index in [-0.39, 0.29) is 12.5 Å². The molecule has 0 aromatic heterocycles. The lowest BCUT2D eigenvalue weighted by Gasteiger charge is -2.29. The Morgan fingerprint density at radius 2 is 2.00 bits per heavy atom. The molecule has 110 valence electrons. The highest BCUT2D eigenvalue weighted by Gasteiger charge is 2.24.